The van der Waals surface area contributed by atoms with Crippen LogP contribution in [0.1, 0.15) is 96.9 Å². The second-order valence-corrected chi connectivity index (χ2v) is 6.48. The first-order valence-corrected chi connectivity index (χ1v) is 9.32. The van der Waals surface area contributed by atoms with Crippen molar-refractivity contribution in [2.45, 2.75) is 96.9 Å². The third kappa shape index (κ3) is 7.79. The molecule has 0 aliphatic heterocycles. The molecule has 1 aromatic rings. The van der Waals surface area contributed by atoms with Crippen molar-refractivity contribution in [3.8, 4) is 0 Å². The minimum atomic E-state index is 0.493. The van der Waals surface area contributed by atoms with E-state index in [1.54, 1.807) is 6.33 Å². The monoisotopic (exact) mass is 311 g/mol. The first kappa shape index (κ1) is 18.4. The zero-order valence-electron chi connectivity index (χ0n) is 13.9. The topological polar surface area (TPSA) is 33.6 Å². The fourth-order valence-electron chi connectivity index (χ4n) is 2.88. The molecule has 0 aliphatic carbocycles. The van der Waals surface area contributed by atoms with E-state index >= 15 is 0 Å². The van der Waals surface area contributed by atoms with E-state index in [1.165, 1.54) is 77.0 Å². The van der Waals surface area contributed by atoms with Crippen molar-refractivity contribution < 1.29 is 0 Å². The number of aromatic nitrogens is 3. The van der Waals surface area contributed by atoms with Crippen LogP contribution < -0.4 is 0 Å². The summed E-state index contributed by atoms with van der Waals surface area (Å²) in [7, 11) is 0. The van der Waals surface area contributed by atoms with Crippen molar-refractivity contribution in [2.75, 3.05) is 0 Å². The van der Waals surface area contributed by atoms with Crippen molar-refractivity contribution in [3.05, 3.63) is 11.1 Å². The van der Waals surface area contributed by atoms with Gasteiger partial charge in [0.1, 0.15) is 6.33 Å². The molecule has 3 nitrogen and oxygen atoms in total. The molecule has 0 saturated heterocycles. The van der Waals surface area contributed by atoms with Gasteiger partial charge >= 0.3 is 0 Å². The lowest BCUT2D eigenvalue weighted by molar-refractivity contribution is 0.363. The molecule has 1 N–H and O–H groups in total. The van der Waals surface area contributed by atoms with Crippen LogP contribution >= 0.6 is 12.2 Å². The first-order chi connectivity index (χ1) is 10.3. The normalized spacial score (nSPS) is 11.4. The Labute approximate surface area is 135 Å². The van der Waals surface area contributed by atoms with Gasteiger partial charge in [0.05, 0.1) is 6.04 Å². The van der Waals surface area contributed by atoms with E-state index < -0.39 is 0 Å². The molecule has 0 saturated carbocycles. The maximum absolute atomic E-state index is 5.35. The summed E-state index contributed by atoms with van der Waals surface area (Å²) in [5.74, 6) is 0. The third-order valence-electron chi connectivity index (χ3n) is 4.21. The molecule has 0 bridgehead atoms. The van der Waals surface area contributed by atoms with E-state index in [0.29, 0.717) is 6.04 Å². The Morgan fingerprint density at radius 2 is 1.48 bits per heavy atom. The highest BCUT2D eigenvalue weighted by atomic mass is 32.1. The second-order valence-electron chi connectivity index (χ2n) is 6.10. The minimum Gasteiger partial charge on any atom is -0.320 e. The van der Waals surface area contributed by atoms with Crippen LogP contribution in [0.25, 0.3) is 0 Å². The van der Waals surface area contributed by atoms with E-state index in [0.717, 1.165) is 4.77 Å². The molecule has 0 radical (unpaired) electrons. The summed E-state index contributed by atoms with van der Waals surface area (Å²) in [5.41, 5.74) is 0. The van der Waals surface area contributed by atoms with Gasteiger partial charge in [-0.05, 0) is 25.1 Å². The average molecular weight is 312 g/mol. The van der Waals surface area contributed by atoms with E-state index in [-0.39, 0.29) is 0 Å². The molecular weight excluding hydrogens is 278 g/mol. The van der Waals surface area contributed by atoms with Gasteiger partial charge in [-0.1, -0.05) is 78.1 Å². The molecule has 1 rings (SSSR count). The number of aromatic amines is 1. The fourth-order valence-corrected chi connectivity index (χ4v) is 3.13. The number of nitrogens with one attached hydrogen (secondary N) is 1. The highest BCUT2D eigenvalue weighted by Crippen LogP contribution is 2.23. The zero-order valence-corrected chi connectivity index (χ0v) is 14.8. The summed E-state index contributed by atoms with van der Waals surface area (Å²) < 4.78 is 2.82. The molecule has 4 heteroatoms. The maximum Gasteiger partial charge on any atom is 0.195 e. The number of rotatable bonds is 13. The van der Waals surface area contributed by atoms with Crippen LogP contribution in [0.3, 0.4) is 0 Å². The standard InChI is InChI=1S/C17H33N3S/c1-3-5-7-9-11-13-16(14-12-10-8-6-4-2)20-17(21)18-15-19-20/h15-16H,3-14H2,1-2H3,(H,18,19,21). The number of nitrogens with zero attached hydrogens (tertiary/aromatic N) is 2. The van der Waals surface area contributed by atoms with Gasteiger partial charge in [-0.15, -0.1) is 0 Å². The number of hydrogen-bond acceptors (Lipinski definition) is 2. The molecule has 21 heavy (non-hydrogen) atoms. The van der Waals surface area contributed by atoms with Gasteiger partial charge in [0.15, 0.2) is 4.77 Å². The molecule has 0 atom stereocenters. The Hall–Kier alpha value is -0.640. The fraction of sp³-hybridized carbons (Fsp3) is 0.882. The smallest absolute Gasteiger partial charge is 0.195 e. The van der Waals surface area contributed by atoms with Crippen molar-refractivity contribution in [2.24, 2.45) is 0 Å². The van der Waals surface area contributed by atoms with Crippen LogP contribution in [0.2, 0.25) is 0 Å². The van der Waals surface area contributed by atoms with Gasteiger partial charge < -0.3 is 4.98 Å². The van der Waals surface area contributed by atoms with Crippen LogP contribution in [0, 0.1) is 4.77 Å². The van der Waals surface area contributed by atoms with Gasteiger partial charge in [-0.3, -0.25) is 0 Å². The summed E-state index contributed by atoms with van der Waals surface area (Å²) >= 11 is 5.35. The van der Waals surface area contributed by atoms with E-state index in [9.17, 15) is 0 Å². The van der Waals surface area contributed by atoms with Crippen LogP contribution in [-0.4, -0.2) is 14.8 Å². The maximum atomic E-state index is 5.35. The van der Waals surface area contributed by atoms with E-state index in [4.69, 9.17) is 12.2 Å². The Bertz CT molecular complexity index is 383. The average Bonchev–Trinajstić information content (AvgIpc) is 2.91. The first-order valence-electron chi connectivity index (χ1n) is 8.91. The molecule has 0 aromatic carbocycles. The lowest BCUT2D eigenvalue weighted by Crippen LogP contribution is -2.11. The second kappa shape index (κ2) is 12.0. The van der Waals surface area contributed by atoms with Crippen molar-refractivity contribution in [1.82, 2.24) is 14.8 Å². The summed E-state index contributed by atoms with van der Waals surface area (Å²) in [5, 5.41) is 4.40. The highest BCUT2D eigenvalue weighted by molar-refractivity contribution is 7.71. The molecular formula is C17H33N3S. The van der Waals surface area contributed by atoms with Gasteiger partial charge in [0.25, 0.3) is 0 Å². The molecule has 122 valence electrons. The van der Waals surface area contributed by atoms with Gasteiger partial charge in [-0.2, -0.15) is 5.10 Å². The Morgan fingerprint density at radius 1 is 0.952 bits per heavy atom. The number of hydrogen-bond donors (Lipinski definition) is 1. The lowest BCUT2D eigenvalue weighted by Gasteiger charge is -2.17. The quantitative estimate of drug-likeness (QED) is 0.347. The van der Waals surface area contributed by atoms with Crippen LogP contribution in [-0.2, 0) is 0 Å². The predicted octanol–water partition coefficient (Wildman–Crippen LogP) is 6.20. The summed E-state index contributed by atoms with van der Waals surface area (Å²) in [6, 6.07) is 0.493. The molecule has 1 heterocycles. The Balaban J connectivity index is 2.36. The molecule has 0 unspecified atom stereocenters. The summed E-state index contributed by atoms with van der Waals surface area (Å²) in [6.07, 6.45) is 17.5. The SMILES string of the molecule is CCCCCCCC(CCCCCCC)n1nc[nH]c1=S. The Kier molecular flexibility index (Phi) is 10.5. The van der Waals surface area contributed by atoms with Crippen molar-refractivity contribution in [1.29, 1.82) is 0 Å². The van der Waals surface area contributed by atoms with Crippen molar-refractivity contribution in [3.63, 3.8) is 0 Å². The molecule has 0 amide bonds. The van der Waals surface area contributed by atoms with Crippen molar-refractivity contribution >= 4 is 12.2 Å². The predicted molar refractivity (Wildman–Crippen MR) is 93.2 cm³/mol. The third-order valence-corrected chi connectivity index (χ3v) is 4.51. The van der Waals surface area contributed by atoms with Crippen LogP contribution in [0.4, 0.5) is 0 Å². The highest BCUT2D eigenvalue weighted by Gasteiger charge is 2.12. The molecule has 0 fully saturated rings. The number of H-pyrrole nitrogens is 1. The van der Waals surface area contributed by atoms with Gasteiger partial charge in [0, 0.05) is 0 Å². The molecule has 0 spiro atoms. The number of unbranched alkanes of at least 4 members (excludes halogenated alkanes) is 8. The largest absolute Gasteiger partial charge is 0.320 e. The summed E-state index contributed by atoms with van der Waals surface area (Å²) in [6.45, 7) is 4.53. The van der Waals surface area contributed by atoms with Crippen LogP contribution in [0.5, 0.6) is 0 Å². The van der Waals surface area contributed by atoms with Gasteiger partial charge in [-0.25, -0.2) is 4.68 Å². The Morgan fingerprint density at radius 3 is 1.90 bits per heavy atom. The van der Waals surface area contributed by atoms with E-state index in [2.05, 4.69) is 23.9 Å². The molecule has 1 aromatic heterocycles. The zero-order chi connectivity index (χ0) is 15.3. The van der Waals surface area contributed by atoms with E-state index in [1.807, 2.05) is 4.68 Å². The lowest BCUT2D eigenvalue weighted by atomic mass is 10.0. The van der Waals surface area contributed by atoms with Gasteiger partial charge in [0.2, 0.25) is 0 Å². The summed E-state index contributed by atoms with van der Waals surface area (Å²) in [4.78, 5) is 3.04. The van der Waals surface area contributed by atoms with Crippen LogP contribution in [0.15, 0.2) is 6.33 Å². The minimum absolute atomic E-state index is 0.493. The molecule has 0 aliphatic rings.